The summed E-state index contributed by atoms with van der Waals surface area (Å²) in [5, 5.41) is 2.97. The number of nitrogens with one attached hydrogen (secondary N) is 1. The molecule has 0 spiro atoms. The first-order valence-electron chi connectivity index (χ1n) is 14.9. The molecule has 1 heterocycles. The highest BCUT2D eigenvalue weighted by atomic mass is 16.2. The van der Waals surface area contributed by atoms with E-state index >= 15 is 0 Å². The van der Waals surface area contributed by atoms with Crippen molar-refractivity contribution in [3.8, 4) is 0 Å². The molecule has 214 valence electrons. The summed E-state index contributed by atoms with van der Waals surface area (Å²) in [7, 11) is 0. The lowest BCUT2D eigenvalue weighted by molar-refractivity contribution is -0.136. The van der Waals surface area contributed by atoms with Crippen LogP contribution < -0.4 is 16.0 Å². The molecule has 1 fully saturated rings. The summed E-state index contributed by atoms with van der Waals surface area (Å²) >= 11 is 0. The van der Waals surface area contributed by atoms with Gasteiger partial charge in [0.2, 0.25) is 18.0 Å². The van der Waals surface area contributed by atoms with Crippen LogP contribution in [-0.4, -0.2) is 36.1 Å². The van der Waals surface area contributed by atoms with E-state index in [1.54, 1.807) is 0 Å². The first-order chi connectivity index (χ1) is 19.3. The van der Waals surface area contributed by atoms with Crippen molar-refractivity contribution in [2.24, 2.45) is 34.4 Å². The molecule has 1 unspecified atom stereocenters. The van der Waals surface area contributed by atoms with Gasteiger partial charge in [-0.1, -0.05) is 101 Å². The molecule has 2 aromatic rings. The molecular formula is C33H44N4O3. The van der Waals surface area contributed by atoms with Gasteiger partial charge in [-0.2, -0.15) is 0 Å². The minimum absolute atomic E-state index is 0.176. The number of anilines is 1. The van der Waals surface area contributed by atoms with Gasteiger partial charge in [-0.15, -0.1) is 0 Å². The highest BCUT2D eigenvalue weighted by Gasteiger charge is 2.37. The van der Waals surface area contributed by atoms with Crippen LogP contribution in [0.4, 0.5) is 5.69 Å². The second-order valence-electron chi connectivity index (χ2n) is 11.7. The molecule has 7 nitrogen and oxygen atoms in total. The maximum atomic E-state index is 14.2. The summed E-state index contributed by atoms with van der Waals surface area (Å²) in [4.78, 5) is 47.2. The third kappa shape index (κ3) is 6.98. The number of carbonyl (C=O) groups is 3. The SMILES string of the molecule is CCC[C@H](C(N)=O)[C@@H](CC(C)C)C(=O)NC1N=C(c2ccccc2)c2ccccc2N(CCC2CCCC2)C1=O. The normalized spacial score (nSPS) is 19.1. The van der Waals surface area contributed by atoms with Crippen LogP contribution in [0.3, 0.4) is 0 Å². The van der Waals surface area contributed by atoms with E-state index < -0.39 is 23.9 Å². The van der Waals surface area contributed by atoms with Crippen molar-refractivity contribution in [2.75, 3.05) is 11.4 Å². The van der Waals surface area contributed by atoms with Gasteiger partial charge in [0, 0.05) is 29.5 Å². The summed E-state index contributed by atoms with van der Waals surface area (Å²) < 4.78 is 0. The average Bonchev–Trinajstić information content (AvgIpc) is 3.43. The number of amides is 3. The predicted octanol–water partition coefficient (Wildman–Crippen LogP) is 5.46. The largest absolute Gasteiger partial charge is 0.369 e. The zero-order valence-electron chi connectivity index (χ0n) is 24.1. The molecule has 3 N–H and O–H groups in total. The monoisotopic (exact) mass is 544 g/mol. The molecule has 2 aliphatic rings. The molecule has 4 rings (SSSR count). The molecule has 0 aromatic heterocycles. The summed E-state index contributed by atoms with van der Waals surface area (Å²) in [6.07, 6.45) is 6.43. The molecule has 2 aromatic carbocycles. The number of benzodiazepines with no additional fused rings is 1. The van der Waals surface area contributed by atoms with E-state index in [0.717, 1.165) is 29.7 Å². The summed E-state index contributed by atoms with van der Waals surface area (Å²) in [5.74, 6) is -1.52. The Kier molecular flexibility index (Phi) is 10.1. The smallest absolute Gasteiger partial charge is 0.272 e. The van der Waals surface area contributed by atoms with Gasteiger partial charge in [0.25, 0.3) is 5.91 Å². The number of primary amides is 1. The first-order valence-corrected chi connectivity index (χ1v) is 14.9. The van der Waals surface area contributed by atoms with E-state index in [1.165, 1.54) is 25.7 Å². The Hall–Kier alpha value is -3.48. The van der Waals surface area contributed by atoms with E-state index in [1.807, 2.05) is 80.3 Å². The van der Waals surface area contributed by atoms with Crippen LogP contribution in [0.2, 0.25) is 0 Å². The van der Waals surface area contributed by atoms with E-state index in [9.17, 15) is 14.4 Å². The quantitative estimate of drug-likeness (QED) is 0.371. The Bertz CT molecular complexity index is 1200. The molecule has 40 heavy (non-hydrogen) atoms. The Morgan fingerprint density at radius 1 is 1.02 bits per heavy atom. The maximum absolute atomic E-state index is 14.2. The number of hydrogen-bond acceptors (Lipinski definition) is 4. The van der Waals surface area contributed by atoms with Crippen molar-refractivity contribution in [3.05, 3.63) is 65.7 Å². The highest BCUT2D eigenvalue weighted by molar-refractivity contribution is 6.20. The number of nitrogens with zero attached hydrogens (tertiary/aromatic N) is 2. The van der Waals surface area contributed by atoms with Crippen molar-refractivity contribution in [1.29, 1.82) is 0 Å². The third-order valence-corrected chi connectivity index (χ3v) is 8.28. The molecule has 1 aliphatic heterocycles. The Morgan fingerprint density at radius 3 is 2.35 bits per heavy atom. The van der Waals surface area contributed by atoms with Gasteiger partial charge in [-0.05, 0) is 37.2 Å². The molecule has 1 aliphatic carbocycles. The van der Waals surface area contributed by atoms with Crippen LogP contribution >= 0.6 is 0 Å². The van der Waals surface area contributed by atoms with Gasteiger partial charge < -0.3 is 16.0 Å². The second-order valence-corrected chi connectivity index (χ2v) is 11.7. The molecular weight excluding hydrogens is 500 g/mol. The van der Waals surface area contributed by atoms with Gasteiger partial charge in [-0.3, -0.25) is 14.4 Å². The lowest BCUT2D eigenvalue weighted by Crippen LogP contribution is -2.51. The Balaban J connectivity index is 1.73. The maximum Gasteiger partial charge on any atom is 0.272 e. The molecule has 1 saturated carbocycles. The molecule has 0 bridgehead atoms. The number of fused-ring (bicyclic) bond motifs is 1. The van der Waals surface area contributed by atoms with Gasteiger partial charge in [0.15, 0.2) is 0 Å². The van der Waals surface area contributed by atoms with Crippen LogP contribution in [0.25, 0.3) is 0 Å². The fourth-order valence-electron chi connectivity index (χ4n) is 6.25. The number of carbonyl (C=O) groups excluding carboxylic acids is 3. The van der Waals surface area contributed by atoms with Gasteiger partial charge in [0.05, 0.1) is 11.4 Å². The molecule has 3 atom stereocenters. The summed E-state index contributed by atoms with van der Waals surface area (Å²) in [6.45, 7) is 6.59. The van der Waals surface area contributed by atoms with Crippen LogP contribution in [0.5, 0.6) is 0 Å². The number of aliphatic imine (C=N–C) groups is 1. The number of benzene rings is 2. The number of para-hydroxylation sites is 1. The average molecular weight is 545 g/mol. The zero-order valence-corrected chi connectivity index (χ0v) is 24.1. The Labute approximate surface area is 238 Å². The second kappa shape index (κ2) is 13.7. The van der Waals surface area contributed by atoms with Crippen molar-refractivity contribution in [2.45, 2.75) is 78.3 Å². The number of rotatable bonds is 12. The lowest BCUT2D eigenvalue weighted by atomic mass is 9.81. The fourth-order valence-corrected chi connectivity index (χ4v) is 6.25. The van der Waals surface area contributed by atoms with Crippen LogP contribution in [-0.2, 0) is 14.4 Å². The van der Waals surface area contributed by atoms with Gasteiger partial charge >= 0.3 is 0 Å². The Morgan fingerprint density at radius 2 is 1.70 bits per heavy atom. The van der Waals surface area contributed by atoms with Crippen molar-refractivity contribution in [1.82, 2.24) is 5.32 Å². The van der Waals surface area contributed by atoms with E-state index in [4.69, 9.17) is 10.7 Å². The molecule has 0 radical (unpaired) electrons. The first kappa shape index (κ1) is 29.5. The topological polar surface area (TPSA) is 105 Å². The lowest BCUT2D eigenvalue weighted by Gasteiger charge is -2.29. The zero-order chi connectivity index (χ0) is 28.6. The van der Waals surface area contributed by atoms with Crippen molar-refractivity contribution in [3.63, 3.8) is 0 Å². The summed E-state index contributed by atoms with van der Waals surface area (Å²) in [6, 6.07) is 17.6. The number of nitrogens with two attached hydrogens (primary N) is 1. The standard InChI is InChI=1S/C33H44N4O3/c1-4-12-25(30(34)38)27(21-22(2)3)32(39)36-31-33(40)37(20-19-23-13-8-9-14-23)28-18-11-10-17-26(28)29(35-31)24-15-6-5-7-16-24/h5-7,10-11,15-18,22-23,25,27,31H,4,8-9,12-14,19-21H2,1-3H3,(H2,34,38)(H,36,39)/t25-,27+,31?/m0/s1. The number of hydrogen-bond donors (Lipinski definition) is 2. The van der Waals surface area contributed by atoms with E-state index in [-0.39, 0.29) is 17.7 Å². The van der Waals surface area contributed by atoms with Gasteiger partial charge in [0.1, 0.15) is 0 Å². The molecule has 0 saturated heterocycles. The highest BCUT2D eigenvalue weighted by Crippen LogP contribution is 2.32. The third-order valence-electron chi connectivity index (χ3n) is 8.28. The van der Waals surface area contributed by atoms with Crippen LogP contribution in [0.1, 0.15) is 83.3 Å². The van der Waals surface area contributed by atoms with Crippen LogP contribution in [0, 0.1) is 23.7 Å². The minimum atomic E-state index is -1.11. The fraction of sp³-hybridized carbons (Fsp3) is 0.515. The molecule has 3 amide bonds. The van der Waals surface area contributed by atoms with E-state index in [2.05, 4.69) is 5.32 Å². The van der Waals surface area contributed by atoms with Crippen molar-refractivity contribution >= 4 is 29.1 Å². The minimum Gasteiger partial charge on any atom is -0.369 e. The van der Waals surface area contributed by atoms with Crippen molar-refractivity contribution < 1.29 is 14.4 Å². The van der Waals surface area contributed by atoms with Gasteiger partial charge in [-0.25, -0.2) is 4.99 Å². The van der Waals surface area contributed by atoms with E-state index in [0.29, 0.717) is 31.0 Å². The predicted molar refractivity (Wildman–Crippen MR) is 160 cm³/mol. The molecule has 7 heteroatoms. The van der Waals surface area contributed by atoms with Crippen LogP contribution in [0.15, 0.2) is 59.6 Å². The summed E-state index contributed by atoms with van der Waals surface area (Å²) in [5.41, 5.74) is 8.99.